The zero-order valence-corrected chi connectivity index (χ0v) is 16.3. The van der Waals surface area contributed by atoms with Crippen LogP contribution in [0.3, 0.4) is 0 Å². The fourth-order valence-electron chi connectivity index (χ4n) is 2.28. The molecule has 27 heavy (non-hydrogen) atoms. The van der Waals surface area contributed by atoms with E-state index in [-0.39, 0.29) is 17.5 Å². The highest BCUT2D eigenvalue weighted by atomic mass is 32.2. The Morgan fingerprint density at radius 2 is 1.81 bits per heavy atom. The number of ether oxygens (including phenoxy) is 2. The van der Waals surface area contributed by atoms with Crippen molar-refractivity contribution in [3.63, 3.8) is 0 Å². The summed E-state index contributed by atoms with van der Waals surface area (Å²) in [6.07, 6.45) is 0. The molecule has 5 nitrogen and oxygen atoms in total. The lowest BCUT2D eigenvalue weighted by molar-refractivity contribution is -0.113. The summed E-state index contributed by atoms with van der Waals surface area (Å²) in [5, 5.41) is 4.71. The Morgan fingerprint density at radius 3 is 2.44 bits per heavy atom. The SMILES string of the molecule is COc1cc(NC(=O)CSc2nc(-c3ccc(F)cc3)cs2)cc(OC)c1. The number of halogens is 1. The van der Waals surface area contributed by atoms with Crippen LogP contribution in [0.2, 0.25) is 0 Å². The summed E-state index contributed by atoms with van der Waals surface area (Å²) in [4.78, 5) is 16.7. The first-order chi connectivity index (χ1) is 13.1. The number of anilines is 1. The number of aromatic nitrogens is 1. The Bertz CT molecular complexity index is 907. The lowest BCUT2D eigenvalue weighted by atomic mass is 10.2. The van der Waals surface area contributed by atoms with Crippen LogP contribution in [0.4, 0.5) is 10.1 Å². The van der Waals surface area contributed by atoms with Gasteiger partial charge in [-0.1, -0.05) is 11.8 Å². The minimum atomic E-state index is -0.283. The van der Waals surface area contributed by atoms with E-state index in [0.717, 1.165) is 15.6 Å². The second kappa shape index (κ2) is 8.88. The highest BCUT2D eigenvalue weighted by molar-refractivity contribution is 8.01. The summed E-state index contributed by atoms with van der Waals surface area (Å²) >= 11 is 2.79. The standard InChI is InChI=1S/C19H17FN2O3S2/c1-24-15-7-14(8-16(9-15)25-2)21-18(23)11-27-19-22-17(10-26-19)12-3-5-13(20)6-4-12/h3-10H,11H2,1-2H3,(H,21,23). The molecule has 1 N–H and O–H groups in total. The van der Waals surface area contributed by atoms with Gasteiger partial charge in [0.2, 0.25) is 5.91 Å². The van der Waals surface area contributed by atoms with Gasteiger partial charge in [0, 0.05) is 34.8 Å². The number of benzene rings is 2. The van der Waals surface area contributed by atoms with Crippen molar-refractivity contribution >= 4 is 34.7 Å². The van der Waals surface area contributed by atoms with Gasteiger partial charge in [-0.15, -0.1) is 11.3 Å². The van der Waals surface area contributed by atoms with Gasteiger partial charge in [0.05, 0.1) is 25.7 Å². The Morgan fingerprint density at radius 1 is 1.15 bits per heavy atom. The first-order valence-corrected chi connectivity index (χ1v) is 9.81. The second-order valence-corrected chi connectivity index (χ2v) is 7.52. The van der Waals surface area contributed by atoms with E-state index in [2.05, 4.69) is 10.3 Å². The molecule has 0 unspecified atom stereocenters. The van der Waals surface area contributed by atoms with Crippen molar-refractivity contribution in [1.82, 2.24) is 4.98 Å². The average molecular weight is 404 g/mol. The number of thioether (sulfide) groups is 1. The number of hydrogen-bond donors (Lipinski definition) is 1. The Labute approximate surface area is 164 Å². The van der Waals surface area contributed by atoms with Crippen molar-refractivity contribution in [2.75, 3.05) is 25.3 Å². The van der Waals surface area contributed by atoms with Gasteiger partial charge in [0.25, 0.3) is 0 Å². The van der Waals surface area contributed by atoms with Gasteiger partial charge in [-0.05, 0) is 24.3 Å². The summed E-state index contributed by atoms with van der Waals surface area (Å²) in [6, 6.07) is 11.3. The van der Waals surface area contributed by atoms with Gasteiger partial charge < -0.3 is 14.8 Å². The summed E-state index contributed by atoms with van der Waals surface area (Å²) in [5.74, 6) is 0.973. The maximum atomic E-state index is 13.0. The molecule has 0 bridgehead atoms. The number of nitrogens with zero attached hydrogens (tertiary/aromatic N) is 1. The summed E-state index contributed by atoms with van der Waals surface area (Å²) in [6.45, 7) is 0. The third kappa shape index (κ3) is 5.21. The number of thiazole rings is 1. The summed E-state index contributed by atoms with van der Waals surface area (Å²) < 4.78 is 24.2. The molecule has 3 aromatic rings. The third-order valence-electron chi connectivity index (χ3n) is 3.59. The predicted octanol–water partition coefficient (Wildman–Crippen LogP) is 4.70. The molecule has 1 amide bonds. The first-order valence-electron chi connectivity index (χ1n) is 7.94. The molecule has 0 fully saturated rings. The molecular weight excluding hydrogens is 387 g/mol. The molecular formula is C19H17FN2O3S2. The fourth-order valence-corrected chi connectivity index (χ4v) is 3.92. The van der Waals surface area contributed by atoms with Crippen LogP contribution >= 0.6 is 23.1 Å². The molecule has 140 valence electrons. The number of carbonyl (C=O) groups is 1. The maximum absolute atomic E-state index is 13.0. The van der Waals surface area contributed by atoms with Gasteiger partial charge in [-0.3, -0.25) is 4.79 Å². The number of carbonyl (C=O) groups excluding carboxylic acids is 1. The Kier molecular flexibility index (Phi) is 6.31. The predicted molar refractivity (Wildman–Crippen MR) is 106 cm³/mol. The van der Waals surface area contributed by atoms with Crippen LogP contribution in [-0.4, -0.2) is 30.9 Å². The molecule has 0 radical (unpaired) electrons. The molecule has 0 atom stereocenters. The minimum absolute atomic E-state index is 0.158. The van der Waals surface area contributed by atoms with Crippen molar-refractivity contribution in [2.24, 2.45) is 0 Å². The Hall–Kier alpha value is -2.58. The van der Waals surface area contributed by atoms with Gasteiger partial charge in [0.1, 0.15) is 17.3 Å². The van der Waals surface area contributed by atoms with Crippen LogP contribution in [0.1, 0.15) is 0 Å². The zero-order valence-electron chi connectivity index (χ0n) is 14.7. The van der Waals surface area contributed by atoms with Crippen molar-refractivity contribution in [3.05, 3.63) is 53.7 Å². The van der Waals surface area contributed by atoms with Crippen LogP contribution in [0.5, 0.6) is 11.5 Å². The van der Waals surface area contributed by atoms with Crippen LogP contribution in [0.15, 0.2) is 52.2 Å². The zero-order chi connectivity index (χ0) is 19.2. The van der Waals surface area contributed by atoms with Crippen molar-refractivity contribution < 1.29 is 18.7 Å². The van der Waals surface area contributed by atoms with Gasteiger partial charge in [0.15, 0.2) is 4.34 Å². The van der Waals surface area contributed by atoms with Gasteiger partial charge >= 0.3 is 0 Å². The van der Waals surface area contributed by atoms with Crippen LogP contribution in [-0.2, 0) is 4.79 Å². The van der Waals surface area contributed by atoms with E-state index in [1.807, 2.05) is 5.38 Å². The maximum Gasteiger partial charge on any atom is 0.234 e. The monoisotopic (exact) mass is 404 g/mol. The number of amides is 1. The smallest absolute Gasteiger partial charge is 0.234 e. The van der Waals surface area contributed by atoms with E-state index in [1.54, 1.807) is 44.6 Å². The molecule has 0 aliphatic heterocycles. The third-order valence-corrected chi connectivity index (χ3v) is 5.61. The molecule has 0 aliphatic carbocycles. The lowest BCUT2D eigenvalue weighted by Gasteiger charge is -2.09. The van der Waals surface area contributed by atoms with E-state index in [1.165, 1.54) is 35.2 Å². The average Bonchev–Trinajstić information content (AvgIpc) is 3.15. The Balaban J connectivity index is 1.59. The number of hydrogen-bond acceptors (Lipinski definition) is 6. The topological polar surface area (TPSA) is 60.5 Å². The number of methoxy groups -OCH3 is 2. The van der Waals surface area contributed by atoms with Crippen LogP contribution < -0.4 is 14.8 Å². The van der Waals surface area contributed by atoms with Crippen molar-refractivity contribution in [3.8, 4) is 22.8 Å². The molecule has 3 rings (SSSR count). The quantitative estimate of drug-likeness (QED) is 0.579. The summed E-state index contributed by atoms with van der Waals surface area (Å²) in [5.41, 5.74) is 2.20. The molecule has 8 heteroatoms. The fraction of sp³-hybridized carbons (Fsp3) is 0.158. The largest absolute Gasteiger partial charge is 0.497 e. The van der Waals surface area contributed by atoms with Crippen molar-refractivity contribution in [2.45, 2.75) is 4.34 Å². The molecule has 1 heterocycles. The highest BCUT2D eigenvalue weighted by Crippen LogP contribution is 2.29. The van der Waals surface area contributed by atoms with E-state index < -0.39 is 0 Å². The lowest BCUT2D eigenvalue weighted by Crippen LogP contribution is -2.14. The molecule has 0 saturated heterocycles. The highest BCUT2D eigenvalue weighted by Gasteiger charge is 2.10. The first kappa shape index (κ1) is 19.2. The molecule has 0 spiro atoms. The number of nitrogens with one attached hydrogen (secondary N) is 1. The van der Waals surface area contributed by atoms with Gasteiger partial charge in [-0.25, -0.2) is 9.37 Å². The van der Waals surface area contributed by atoms with E-state index >= 15 is 0 Å². The van der Waals surface area contributed by atoms with E-state index in [4.69, 9.17) is 9.47 Å². The molecule has 0 aliphatic rings. The van der Waals surface area contributed by atoms with Crippen LogP contribution in [0, 0.1) is 5.82 Å². The second-order valence-electron chi connectivity index (χ2n) is 5.44. The van der Waals surface area contributed by atoms with Crippen molar-refractivity contribution in [1.29, 1.82) is 0 Å². The molecule has 1 aromatic heterocycles. The van der Waals surface area contributed by atoms with E-state index in [9.17, 15) is 9.18 Å². The van der Waals surface area contributed by atoms with Crippen LogP contribution in [0.25, 0.3) is 11.3 Å². The molecule has 2 aromatic carbocycles. The van der Waals surface area contributed by atoms with E-state index in [0.29, 0.717) is 17.2 Å². The normalized spacial score (nSPS) is 10.5. The molecule has 0 saturated carbocycles. The summed E-state index contributed by atoms with van der Waals surface area (Å²) in [7, 11) is 3.11. The minimum Gasteiger partial charge on any atom is -0.497 e. The number of rotatable bonds is 7. The van der Waals surface area contributed by atoms with Gasteiger partial charge in [-0.2, -0.15) is 0 Å².